The molecular formula is C24H27N3O. The smallest absolute Gasteiger partial charge is 0.254 e. The van der Waals surface area contributed by atoms with Crippen molar-refractivity contribution >= 4 is 22.5 Å². The summed E-state index contributed by atoms with van der Waals surface area (Å²) in [4.78, 5) is 17.5. The number of anilines is 1. The van der Waals surface area contributed by atoms with Gasteiger partial charge in [0.05, 0.1) is 6.04 Å². The molecule has 28 heavy (non-hydrogen) atoms. The minimum absolute atomic E-state index is 0.163. The predicted molar refractivity (Wildman–Crippen MR) is 114 cm³/mol. The number of nitrogens with zero attached hydrogens (tertiary/aromatic N) is 3. The molecule has 1 amide bonds. The van der Waals surface area contributed by atoms with Crippen molar-refractivity contribution in [2.75, 3.05) is 25.5 Å². The Labute approximate surface area is 166 Å². The van der Waals surface area contributed by atoms with Gasteiger partial charge in [0.2, 0.25) is 0 Å². The van der Waals surface area contributed by atoms with E-state index in [2.05, 4.69) is 39.5 Å². The van der Waals surface area contributed by atoms with E-state index < -0.39 is 0 Å². The molecule has 0 fully saturated rings. The van der Waals surface area contributed by atoms with Gasteiger partial charge in [0.15, 0.2) is 0 Å². The van der Waals surface area contributed by atoms with E-state index in [1.54, 1.807) is 0 Å². The number of carbonyl (C=O) groups is 1. The summed E-state index contributed by atoms with van der Waals surface area (Å²) in [6.45, 7) is 3.83. The molecule has 0 saturated carbocycles. The number of hydrogen-bond donors (Lipinski definition) is 0. The Morgan fingerprint density at radius 3 is 2.61 bits per heavy atom. The Morgan fingerprint density at radius 1 is 1.07 bits per heavy atom. The molecule has 1 aliphatic heterocycles. The number of benzene rings is 2. The highest BCUT2D eigenvalue weighted by Crippen LogP contribution is 2.43. The van der Waals surface area contributed by atoms with Crippen molar-refractivity contribution in [3.05, 3.63) is 64.8 Å². The highest BCUT2D eigenvalue weighted by molar-refractivity contribution is 5.95. The van der Waals surface area contributed by atoms with Gasteiger partial charge < -0.3 is 14.4 Å². The van der Waals surface area contributed by atoms with Crippen molar-refractivity contribution in [1.29, 1.82) is 0 Å². The molecule has 0 bridgehead atoms. The Balaban J connectivity index is 1.54. The molecule has 0 radical (unpaired) electrons. The van der Waals surface area contributed by atoms with Crippen LogP contribution in [0.2, 0.25) is 0 Å². The van der Waals surface area contributed by atoms with Crippen LogP contribution in [0.1, 0.15) is 46.1 Å². The van der Waals surface area contributed by atoms with Gasteiger partial charge in [-0.25, -0.2) is 0 Å². The first-order chi connectivity index (χ1) is 13.5. The van der Waals surface area contributed by atoms with Gasteiger partial charge in [-0.3, -0.25) is 4.79 Å². The molecule has 0 saturated heterocycles. The van der Waals surface area contributed by atoms with Crippen molar-refractivity contribution in [2.45, 2.75) is 38.8 Å². The zero-order valence-corrected chi connectivity index (χ0v) is 16.9. The molecule has 5 rings (SSSR count). The molecule has 2 aromatic carbocycles. The van der Waals surface area contributed by atoms with Crippen LogP contribution in [0.3, 0.4) is 0 Å². The van der Waals surface area contributed by atoms with E-state index in [4.69, 9.17) is 0 Å². The van der Waals surface area contributed by atoms with Crippen LogP contribution < -0.4 is 4.90 Å². The first kappa shape index (κ1) is 17.4. The van der Waals surface area contributed by atoms with Gasteiger partial charge in [0, 0.05) is 55.0 Å². The first-order valence-corrected chi connectivity index (χ1v) is 10.2. The van der Waals surface area contributed by atoms with Crippen molar-refractivity contribution in [1.82, 2.24) is 9.47 Å². The Kier molecular flexibility index (Phi) is 3.97. The number of aryl methyl sites for hydroxylation is 2. The van der Waals surface area contributed by atoms with Gasteiger partial charge in [-0.2, -0.15) is 0 Å². The van der Waals surface area contributed by atoms with Crippen LogP contribution in [0.5, 0.6) is 0 Å². The monoisotopic (exact) mass is 373 g/mol. The molecule has 0 spiro atoms. The molecule has 0 unspecified atom stereocenters. The van der Waals surface area contributed by atoms with Crippen molar-refractivity contribution in [3.8, 4) is 0 Å². The van der Waals surface area contributed by atoms with E-state index in [9.17, 15) is 4.79 Å². The average Bonchev–Trinajstić information content (AvgIpc) is 3.03. The first-order valence-electron chi connectivity index (χ1n) is 10.2. The van der Waals surface area contributed by atoms with Gasteiger partial charge in [-0.1, -0.05) is 11.6 Å². The molecule has 144 valence electrons. The maximum absolute atomic E-state index is 13.4. The number of aromatic nitrogens is 1. The van der Waals surface area contributed by atoms with Gasteiger partial charge in [0.25, 0.3) is 5.91 Å². The van der Waals surface area contributed by atoms with E-state index in [1.807, 2.05) is 38.4 Å². The van der Waals surface area contributed by atoms with Crippen LogP contribution in [-0.4, -0.2) is 36.0 Å². The Morgan fingerprint density at radius 2 is 1.86 bits per heavy atom. The number of amides is 1. The summed E-state index contributed by atoms with van der Waals surface area (Å²) >= 11 is 0. The lowest BCUT2D eigenvalue weighted by Crippen LogP contribution is -2.43. The normalized spacial score (nSPS) is 18.2. The SMILES string of the molecule is Cc1ccc2c(c1)c1c3n2CCN(C(=O)c2ccc(N(C)C)cc2)[C@@H]3CCC1. The number of hydrogen-bond acceptors (Lipinski definition) is 2. The van der Waals surface area contributed by atoms with Crippen LogP contribution in [0.15, 0.2) is 42.5 Å². The third kappa shape index (κ3) is 2.55. The highest BCUT2D eigenvalue weighted by Gasteiger charge is 2.37. The summed E-state index contributed by atoms with van der Waals surface area (Å²) in [7, 11) is 4.04. The molecule has 2 heterocycles. The van der Waals surface area contributed by atoms with E-state index in [-0.39, 0.29) is 11.9 Å². The van der Waals surface area contributed by atoms with Crippen molar-refractivity contribution < 1.29 is 4.79 Å². The van der Waals surface area contributed by atoms with Gasteiger partial charge in [0.1, 0.15) is 0 Å². The maximum Gasteiger partial charge on any atom is 0.254 e. The molecular weight excluding hydrogens is 346 g/mol. The van der Waals surface area contributed by atoms with Crippen LogP contribution in [-0.2, 0) is 13.0 Å². The van der Waals surface area contributed by atoms with Crippen molar-refractivity contribution in [2.24, 2.45) is 0 Å². The molecule has 1 aromatic heterocycles. The molecule has 3 aromatic rings. The quantitative estimate of drug-likeness (QED) is 0.659. The lowest BCUT2D eigenvalue weighted by atomic mass is 9.89. The molecule has 0 N–H and O–H groups in total. The van der Waals surface area contributed by atoms with E-state index >= 15 is 0 Å². The van der Waals surface area contributed by atoms with Crippen LogP contribution in [0.4, 0.5) is 5.69 Å². The predicted octanol–water partition coefficient (Wildman–Crippen LogP) is 4.55. The summed E-state index contributed by atoms with van der Waals surface area (Å²) in [5, 5.41) is 1.39. The van der Waals surface area contributed by atoms with E-state index in [0.29, 0.717) is 0 Å². The Hall–Kier alpha value is -2.75. The molecule has 4 nitrogen and oxygen atoms in total. The standard InChI is InChI=1S/C24H27N3O/c1-16-7-12-21-20(15-16)19-5-4-6-22-23(19)26(21)13-14-27(22)24(28)17-8-10-18(11-9-17)25(2)3/h7-12,15,22H,4-6,13-14H2,1-3H3/t22-/m1/s1. The van der Waals surface area contributed by atoms with Crippen molar-refractivity contribution in [3.63, 3.8) is 0 Å². The van der Waals surface area contributed by atoms with Crippen LogP contribution in [0.25, 0.3) is 10.9 Å². The van der Waals surface area contributed by atoms with E-state index in [1.165, 1.54) is 27.7 Å². The fraction of sp³-hybridized carbons (Fsp3) is 0.375. The maximum atomic E-state index is 13.4. The minimum atomic E-state index is 0.163. The van der Waals surface area contributed by atoms with E-state index in [0.717, 1.165) is 43.6 Å². The molecule has 2 aliphatic rings. The zero-order chi connectivity index (χ0) is 19.4. The molecule has 4 heteroatoms. The number of fused-ring (bicyclic) bond motifs is 3. The lowest BCUT2D eigenvalue weighted by Gasteiger charge is -2.40. The highest BCUT2D eigenvalue weighted by atomic mass is 16.2. The van der Waals surface area contributed by atoms with Gasteiger partial charge in [-0.15, -0.1) is 0 Å². The second-order valence-corrected chi connectivity index (χ2v) is 8.38. The summed E-state index contributed by atoms with van der Waals surface area (Å²) in [6, 6.07) is 15.0. The summed E-state index contributed by atoms with van der Waals surface area (Å²) in [5.41, 5.74) is 7.41. The zero-order valence-electron chi connectivity index (χ0n) is 16.9. The van der Waals surface area contributed by atoms with Crippen LogP contribution in [0, 0.1) is 6.92 Å². The third-order valence-electron chi connectivity index (χ3n) is 6.42. The molecule has 1 atom stereocenters. The second kappa shape index (κ2) is 6.40. The van der Waals surface area contributed by atoms with Crippen LogP contribution >= 0.6 is 0 Å². The second-order valence-electron chi connectivity index (χ2n) is 8.38. The van der Waals surface area contributed by atoms with Gasteiger partial charge >= 0.3 is 0 Å². The lowest BCUT2D eigenvalue weighted by molar-refractivity contribution is 0.0601. The third-order valence-corrected chi connectivity index (χ3v) is 6.42. The number of carbonyl (C=O) groups excluding carboxylic acids is 1. The number of rotatable bonds is 2. The molecule has 1 aliphatic carbocycles. The fourth-order valence-electron chi connectivity index (χ4n) is 5.03. The summed E-state index contributed by atoms with van der Waals surface area (Å²) < 4.78 is 2.48. The van der Waals surface area contributed by atoms with Gasteiger partial charge in [-0.05, 0) is 68.1 Å². The summed E-state index contributed by atoms with van der Waals surface area (Å²) in [5.74, 6) is 0.163. The fourth-order valence-corrected chi connectivity index (χ4v) is 5.03. The summed E-state index contributed by atoms with van der Waals surface area (Å²) in [6.07, 6.45) is 3.33. The topological polar surface area (TPSA) is 28.5 Å². The Bertz CT molecular complexity index is 1060. The average molecular weight is 374 g/mol. The minimum Gasteiger partial charge on any atom is -0.378 e. The largest absolute Gasteiger partial charge is 0.378 e.